The molecular weight excluding hydrogens is 382 g/mol. The van der Waals surface area contributed by atoms with E-state index in [1.54, 1.807) is 22.7 Å². The molecule has 0 aromatic rings. The molecule has 2 aliphatic heterocycles. The molecule has 0 unspecified atom stereocenters. The Balaban J connectivity index is 2.15. The van der Waals surface area contributed by atoms with Crippen LogP contribution >= 0.6 is 24.0 Å². The second kappa shape index (κ2) is 7.77. The molecule has 3 atom stereocenters. The van der Waals surface area contributed by atoms with E-state index < -0.39 is 8.32 Å². The molecule has 0 bridgehead atoms. The first-order valence-electron chi connectivity index (χ1n) is 9.12. The van der Waals surface area contributed by atoms with Gasteiger partial charge in [0.2, 0.25) is 11.0 Å². The van der Waals surface area contributed by atoms with Gasteiger partial charge in [0.15, 0.2) is 8.32 Å². The van der Waals surface area contributed by atoms with Crippen molar-refractivity contribution in [3.8, 4) is 0 Å². The lowest BCUT2D eigenvalue weighted by atomic mass is 9.90. The van der Waals surface area contributed by atoms with E-state index in [4.69, 9.17) is 21.4 Å². The van der Waals surface area contributed by atoms with Gasteiger partial charge in [0.25, 0.3) is 0 Å². The fourth-order valence-electron chi connectivity index (χ4n) is 3.01. The summed E-state index contributed by atoms with van der Waals surface area (Å²) < 4.78 is 12.1. The van der Waals surface area contributed by atoms with Crippen LogP contribution in [0.3, 0.4) is 0 Å². The van der Waals surface area contributed by atoms with E-state index in [2.05, 4.69) is 47.4 Å². The summed E-state index contributed by atoms with van der Waals surface area (Å²) >= 11 is 7.08. The highest BCUT2D eigenvalue weighted by atomic mass is 32.2. The molecular formula is C19H31NO3S2Si. The molecule has 4 nitrogen and oxygen atoms in total. The number of nitrogens with zero attached hydrogens (tertiary/aromatic N) is 1. The minimum atomic E-state index is -1.94. The molecule has 0 radical (unpaired) electrons. The number of thiocarbonyl (C=S) groups is 1. The normalized spacial score (nSPS) is 24.3. The standard InChI is InChI=1S/C19H31NO3S2Si/c1-9-11-22-18(24)15-12(3)25-17-14(16(21)20(15)17)13(10-2)23-26(7,8)19(4,5)6/h9,13-14,17H,1,10-11H2,2-8H3/t13-,14-,17-/m1/s1. The summed E-state index contributed by atoms with van der Waals surface area (Å²) in [6.07, 6.45) is 2.44. The van der Waals surface area contributed by atoms with E-state index >= 15 is 0 Å². The number of hydrogen-bond donors (Lipinski definition) is 0. The molecule has 1 amide bonds. The van der Waals surface area contributed by atoms with Crippen molar-refractivity contribution in [1.29, 1.82) is 0 Å². The average molecular weight is 414 g/mol. The lowest BCUT2D eigenvalue weighted by molar-refractivity contribution is -0.152. The van der Waals surface area contributed by atoms with Crippen molar-refractivity contribution in [2.75, 3.05) is 6.61 Å². The number of thioether (sulfide) groups is 1. The van der Waals surface area contributed by atoms with Crippen molar-refractivity contribution in [1.82, 2.24) is 4.90 Å². The number of amides is 1. The third kappa shape index (κ3) is 3.81. The lowest BCUT2D eigenvalue weighted by Gasteiger charge is -2.49. The summed E-state index contributed by atoms with van der Waals surface area (Å²) in [6, 6.07) is 0. The monoisotopic (exact) mass is 413 g/mol. The van der Waals surface area contributed by atoms with Crippen LogP contribution in [0.5, 0.6) is 0 Å². The molecule has 0 saturated carbocycles. The summed E-state index contributed by atoms with van der Waals surface area (Å²) in [5.74, 6) is -0.0155. The van der Waals surface area contributed by atoms with E-state index in [1.807, 2.05) is 6.92 Å². The molecule has 7 heteroatoms. The molecule has 2 heterocycles. The Morgan fingerprint density at radius 2 is 2.08 bits per heavy atom. The van der Waals surface area contributed by atoms with Crippen molar-refractivity contribution >= 4 is 43.3 Å². The number of carbonyl (C=O) groups is 1. The summed E-state index contributed by atoms with van der Waals surface area (Å²) in [4.78, 5) is 15.8. The molecule has 1 fully saturated rings. The zero-order valence-corrected chi connectivity index (χ0v) is 19.6. The maximum absolute atomic E-state index is 13.0. The third-order valence-corrected chi connectivity index (χ3v) is 11.6. The van der Waals surface area contributed by atoms with Crippen LogP contribution in [0.1, 0.15) is 41.0 Å². The predicted molar refractivity (Wildman–Crippen MR) is 116 cm³/mol. The molecule has 0 aliphatic carbocycles. The van der Waals surface area contributed by atoms with Crippen molar-refractivity contribution in [3.05, 3.63) is 23.3 Å². The molecule has 0 aromatic heterocycles. The summed E-state index contributed by atoms with van der Waals surface area (Å²) in [5, 5.41) is 0.565. The van der Waals surface area contributed by atoms with Crippen LogP contribution in [0.25, 0.3) is 0 Å². The number of carbonyl (C=O) groups excluding carboxylic acids is 1. The van der Waals surface area contributed by atoms with Gasteiger partial charge >= 0.3 is 0 Å². The van der Waals surface area contributed by atoms with Gasteiger partial charge in [0.05, 0.1) is 12.0 Å². The Hall–Kier alpha value is -0.633. The van der Waals surface area contributed by atoms with E-state index in [1.165, 1.54) is 0 Å². The number of ether oxygens (including phenoxy) is 1. The average Bonchev–Trinajstić information content (AvgIpc) is 2.83. The Morgan fingerprint density at radius 3 is 2.58 bits per heavy atom. The molecule has 2 rings (SSSR count). The summed E-state index contributed by atoms with van der Waals surface area (Å²) in [7, 11) is -1.94. The molecule has 0 aromatic carbocycles. The number of fused-ring (bicyclic) bond motifs is 1. The largest absolute Gasteiger partial charge is 0.478 e. The van der Waals surface area contributed by atoms with Crippen molar-refractivity contribution < 1.29 is 14.0 Å². The van der Waals surface area contributed by atoms with Gasteiger partial charge in [-0.25, -0.2) is 0 Å². The van der Waals surface area contributed by atoms with E-state index in [-0.39, 0.29) is 28.3 Å². The topological polar surface area (TPSA) is 38.8 Å². The zero-order valence-electron chi connectivity index (χ0n) is 16.9. The highest BCUT2D eigenvalue weighted by molar-refractivity contribution is 8.04. The molecule has 0 spiro atoms. The first-order chi connectivity index (χ1) is 12.0. The summed E-state index contributed by atoms with van der Waals surface area (Å²) in [6.45, 7) is 19.3. The van der Waals surface area contributed by atoms with Gasteiger partial charge in [0, 0.05) is 4.91 Å². The molecule has 146 valence electrons. The Labute approximate surface area is 168 Å². The number of hydrogen-bond acceptors (Lipinski definition) is 5. The van der Waals surface area contributed by atoms with E-state index in [0.29, 0.717) is 11.7 Å². The molecule has 1 saturated heterocycles. The minimum Gasteiger partial charge on any atom is -0.478 e. The molecule has 0 N–H and O–H groups in total. The Morgan fingerprint density at radius 1 is 1.46 bits per heavy atom. The Kier molecular flexibility index (Phi) is 6.48. The van der Waals surface area contributed by atoms with Crippen molar-refractivity contribution in [3.63, 3.8) is 0 Å². The van der Waals surface area contributed by atoms with E-state index in [9.17, 15) is 4.79 Å². The fourth-order valence-corrected chi connectivity index (χ4v) is 6.24. The van der Waals surface area contributed by atoms with Crippen LogP contribution in [0.4, 0.5) is 0 Å². The van der Waals surface area contributed by atoms with Gasteiger partial charge in [0.1, 0.15) is 17.7 Å². The smallest absolute Gasteiger partial charge is 0.236 e. The van der Waals surface area contributed by atoms with Gasteiger partial charge in [-0.15, -0.1) is 11.8 Å². The highest BCUT2D eigenvalue weighted by Crippen LogP contribution is 2.52. The Bertz CT molecular complexity index is 639. The van der Waals surface area contributed by atoms with Gasteiger partial charge in [-0.1, -0.05) is 40.3 Å². The first kappa shape index (κ1) is 21.7. The molecule has 2 aliphatic rings. The summed E-state index contributed by atoms with van der Waals surface area (Å²) in [5.41, 5.74) is 0.750. The third-order valence-electron chi connectivity index (χ3n) is 5.54. The number of allylic oxidation sites excluding steroid dienone is 1. The van der Waals surface area contributed by atoms with Gasteiger partial charge in [-0.3, -0.25) is 9.69 Å². The van der Waals surface area contributed by atoms with Crippen LogP contribution in [0.15, 0.2) is 23.3 Å². The quantitative estimate of drug-likeness (QED) is 0.252. The van der Waals surface area contributed by atoms with Gasteiger partial charge in [-0.2, -0.15) is 0 Å². The van der Waals surface area contributed by atoms with Crippen LogP contribution in [0, 0.1) is 5.92 Å². The van der Waals surface area contributed by atoms with E-state index in [0.717, 1.165) is 17.0 Å². The highest BCUT2D eigenvalue weighted by Gasteiger charge is 2.58. The maximum atomic E-state index is 13.0. The predicted octanol–water partition coefficient (Wildman–Crippen LogP) is 5.08. The SMILES string of the molecule is C=CCOC(=S)C1=C(C)S[C@@H]2[C@H]([C@@H](CC)O[Si](C)(C)C(C)(C)C)C(=O)N12. The zero-order chi connectivity index (χ0) is 19.9. The van der Waals surface area contributed by atoms with Gasteiger partial charge < -0.3 is 9.16 Å². The van der Waals surface area contributed by atoms with Crippen LogP contribution in [-0.2, 0) is 14.0 Å². The maximum Gasteiger partial charge on any atom is 0.236 e. The lowest BCUT2D eigenvalue weighted by Crippen LogP contribution is -2.63. The fraction of sp³-hybridized carbons (Fsp3) is 0.684. The second-order valence-electron chi connectivity index (χ2n) is 8.36. The number of rotatable bonds is 7. The van der Waals surface area contributed by atoms with Crippen molar-refractivity contribution in [2.45, 2.75) is 70.6 Å². The molecule has 26 heavy (non-hydrogen) atoms. The minimum absolute atomic E-state index is 0.0491. The van der Waals surface area contributed by atoms with Gasteiger partial charge in [-0.05, 0) is 43.7 Å². The van der Waals surface area contributed by atoms with Crippen LogP contribution in [0.2, 0.25) is 18.1 Å². The first-order valence-corrected chi connectivity index (χ1v) is 13.3. The number of β-lactam (4-membered cyclic amide) rings is 1. The van der Waals surface area contributed by atoms with Crippen LogP contribution < -0.4 is 0 Å². The second-order valence-corrected chi connectivity index (χ2v) is 14.8. The van der Waals surface area contributed by atoms with Crippen LogP contribution in [-0.4, -0.2) is 42.3 Å². The van der Waals surface area contributed by atoms with Crippen molar-refractivity contribution in [2.24, 2.45) is 5.92 Å².